The quantitative estimate of drug-likeness (QED) is 0.411. The molecule has 0 aliphatic rings. The van der Waals surface area contributed by atoms with Crippen molar-refractivity contribution in [1.29, 1.82) is 0 Å². The van der Waals surface area contributed by atoms with Gasteiger partial charge in [0.25, 0.3) is 0 Å². The van der Waals surface area contributed by atoms with Gasteiger partial charge >= 0.3 is 6.01 Å². The Morgan fingerprint density at radius 1 is 1.13 bits per heavy atom. The number of benzene rings is 2. The lowest BCUT2D eigenvalue weighted by Gasteiger charge is -2.12. The highest BCUT2D eigenvalue weighted by molar-refractivity contribution is 6.00. The van der Waals surface area contributed by atoms with E-state index in [1.807, 2.05) is 18.2 Å². The minimum atomic E-state index is -0.887. The second kappa shape index (κ2) is 8.52. The van der Waals surface area contributed by atoms with E-state index in [0.29, 0.717) is 39.9 Å². The summed E-state index contributed by atoms with van der Waals surface area (Å²) in [5, 5.41) is 20.5. The molecule has 3 N–H and O–H groups in total. The zero-order valence-electron chi connectivity index (χ0n) is 16.7. The first-order valence-corrected chi connectivity index (χ1v) is 9.40. The Kier molecular flexibility index (Phi) is 5.63. The van der Waals surface area contributed by atoms with Crippen molar-refractivity contribution in [2.24, 2.45) is 0 Å². The zero-order valence-corrected chi connectivity index (χ0v) is 16.7. The van der Waals surface area contributed by atoms with Gasteiger partial charge in [-0.25, -0.2) is 8.78 Å². The fourth-order valence-corrected chi connectivity index (χ4v) is 3.02. The number of methoxy groups -OCH3 is 1. The summed E-state index contributed by atoms with van der Waals surface area (Å²) in [4.78, 5) is 8.60. The van der Waals surface area contributed by atoms with Gasteiger partial charge in [-0.2, -0.15) is 15.1 Å². The number of aromatic nitrogens is 4. The van der Waals surface area contributed by atoms with E-state index in [4.69, 9.17) is 9.47 Å². The number of nitrogens with zero attached hydrogens (tertiary/aromatic N) is 3. The number of aliphatic hydroxyl groups is 1. The molecule has 4 aromatic rings. The van der Waals surface area contributed by atoms with Crippen LogP contribution in [0, 0.1) is 11.6 Å². The van der Waals surface area contributed by atoms with Gasteiger partial charge in [-0.05, 0) is 31.2 Å². The standard InChI is InChI=1S/C21H19F2N5O3/c1-11(29)10-24-19-17-18(13-5-3-4-6-15(13)30-2)27-28-20(17)26-21(25-19)31-16-8-7-12(22)9-14(16)23/h3-9,11,29H,10H2,1-2H3,(H2,24,25,26,27,28). The Labute approximate surface area is 175 Å². The first-order chi connectivity index (χ1) is 15.0. The number of para-hydroxylation sites is 1. The molecule has 0 saturated heterocycles. The van der Waals surface area contributed by atoms with E-state index >= 15 is 0 Å². The second-order valence-electron chi connectivity index (χ2n) is 6.76. The maximum Gasteiger partial charge on any atom is 0.326 e. The van der Waals surface area contributed by atoms with Gasteiger partial charge in [-0.3, -0.25) is 5.10 Å². The van der Waals surface area contributed by atoms with Gasteiger partial charge in [-0.15, -0.1) is 0 Å². The number of aromatic amines is 1. The second-order valence-corrected chi connectivity index (χ2v) is 6.76. The molecule has 0 spiro atoms. The highest BCUT2D eigenvalue weighted by Gasteiger charge is 2.20. The number of halogens is 2. The SMILES string of the molecule is COc1ccccc1-c1n[nH]c2nc(Oc3ccc(F)cc3F)nc(NCC(C)O)c12. The predicted octanol–water partition coefficient (Wildman–Crippen LogP) is 3.89. The van der Waals surface area contributed by atoms with Crippen molar-refractivity contribution in [3.8, 4) is 28.8 Å². The molecular weight excluding hydrogens is 408 g/mol. The minimum Gasteiger partial charge on any atom is -0.496 e. The number of H-pyrrole nitrogens is 1. The average Bonchev–Trinajstić information content (AvgIpc) is 3.18. The number of rotatable bonds is 7. The van der Waals surface area contributed by atoms with Gasteiger partial charge in [-0.1, -0.05) is 12.1 Å². The summed E-state index contributed by atoms with van der Waals surface area (Å²) in [7, 11) is 1.56. The summed E-state index contributed by atoms with van der Waals surface area (Å²) < 4.78 is 38.1. The molecule has 2 aromatic heterocycles. The molecule has 2 heterocycles. The molecule has 8 nitrogen and oxygen atoms in total. The van der Waals surface area contributed by atoms with E-state index in [0.717, 1.165) is 12.1 Å². The molecule has 0 bridgehead atoms. The van der Waals surface area contributed by atoms with Crippen LogP contribution in [0.2, 0.25) is 0 Å². The third-order valence-corrected chi connectivity index (χ3v) is 4.42. The molecule has 0 radical (unpaired) electrons. The summed E-state index contributed by atoms with van der Waals surface area (Å²) >= 11 is 0. The van der Waals surface area contributed by atoms with Crippen LogP contribution in [0.3, 0.4) is 0 Å². The zero-order chi connectivity index (χ0) is 22.0. The summed E-state index contributed by atoms with van der Waals surface area (Å²) in [6.07, 6.45) is -0.662. The number of hydrogen-bond acceptors (Lipinski definition) is 7. The van der Waals surface area contributed by atoms with Crippen LogP contribution in [-0.4, -0.2) is 45.0 Å². The summed E-state index contributed by atoms with van der Waals surface area (Å²) in [6, 6.07) is 10.1. The van der Waals surface area contributed by atoms with E-state index in [1.54, 1.807) is 20.1 Å². The molecule has 0 saturated carbocycles. The molecule has 0 aliphatic carbocycles. The van der Waals surface area contributed by atoms with Crippen molar-refractivity contribution < 1.29 is 23.4 Å². The summed E-state index contributed by atoms with van der Waals surface area (Å²) in [5.41, 5.74) is 1.56. The lowest BCUT2D eigenvalue weighted by Crippen LogP contribution is -2.16. The number of aliphatic hydroxyl groups excluding tert-OH is 1. The van der Waals surface area contributed by atoms with Gasteiger partial charge in [0.05, 0.1) is 18.6 Å². The Hall–Kier alpha value is -3.79. The Morgan fingerprint density at radius 2 is 1.94 bits per heavy atom. The van der Waals surface area contributed by atoms with Gasteiger partial charge in [0.1, 0.15) is 23.1 Å². The van der Waals surface area contributed by atoms with E-state index in [2.05, 4.69) is 25.5 Å². The molecule has 0 aliphatic heterocycles. The van der Waals surface area contributed by atoms with Crippen LogP contribution in [0.15, 0.2) is 42.5 Å². The fraction of sp³-hybridized carbons (Fsp3) is 0.190. The van der Waals surface area contributed by atoms with Crippen LogP contribution in [0.4, 0.5) is 14.6 Å². The van der Waals surface area contributed by atoms with Crippen LogP contribution >= 0.6 is 0 Å². The van der Waals surface area contributed by atoms with Crippen molar-refractivity contribution in [2.45, 2.75) is 13.0 Å². The average molecular weight is 427 g/mol. The molecule has 2 aromatic carbocycles. The number of hydrogen-bond donors (Lipinski definition) is 3. The lowest BCUT2D eigenvalue weighted by atomic mass is 10.1. The largest absolute Gasteiger partial charge is 0.496 e. The van der Waals surface area contributed by atoms with Crippen LogP contribution in [0.5, 0.6) is 17.5 Å². The van der Waals surface area contributed by atoms with Crippen molar-refractivity contribution in [1.82, 2.24) is 20.2 Å². The Morgan fingerprint density at radius 3 is 2.68 bits per heavy atom. The van der Waals surface area contributed by atoms with E-state index in [1.165, 1.54) is 0 Å². The van der Waals surface area contributed by atoms with Crippen molar-refractivity contribution in [2.75, 3.05) is 19.0 Å². The van der Waals surface area contributed by atoms with Gasteiger partial charge in [0.15, 0.2) is 17.2 Å². The topological polar surface area (TPSA) is 105 Å². The van der Waals surface area contributed by atoms with Crippen molar-refractivity contribution in [3.05, 3.63) is 54.1 Å². The highest BCUT2D eigenvalue weighted by atomic mass is 19.1. The normalized spacial score (nSPS) is 12.0. The number of fused-ring (bicyclic) bond motifs is 1. The molecule has 4 rings (SSSR count). The van der Waals surface area contributed by atoms with Gasteiger partial charge < -0.3 is 19.9 Å². The highest BCUT2D eigenvalue weighted by Crippen LogP contribution is 2.37. The maximum atomic E-state index is 14.0. The Bertz CT molecular complexity index is 1230. The first-order valence-electron chi connectivity index (χ1n) is 9.40. The number of nitrogens with one attached hydrogen (secondary N) is 2. The molecule has 160 valence electrons. The smallest absolute Gasteiger partial charge is 0.326 e. The van der Waals surface area contributed by atoms with Crippen LogP contribution in [-0.2, 0) is 0 Å². The predicted molar refractivity (Wildman–Crippen MR) is 110 cm³/mol. The monoisotopic (exact) mass is 427 g/mol. The fourth-order valence-electron chi connectivity index (χ4n) is 3.02. The summed E-state index contributed by atoms with van der Waals surface area (Å²) in [5.74, 6) is -0.923. The molecule has 31 heavy (non-hydrogen) atoms. The molecule has 1 unspecified atom stereocenters. The summed E-state index contributed by atoms with van der Waals surface area (Å²) in [6.45, 7) is 1.81. The molecule has 1 atom stereocenters. The molecule has 0 fully saturated rings. The molecular formula is C21H19F2N5O3. The third kappa shape index (κ3) is 4.24. The Balaban J connectivity index is 1.82. The van der Waals surface area contributed by atoms with E-state index in [9.17, 15) is 13.9 Å². The van der Waals surface area contributed by atoms with Crippen molar-refractivity contribution >= 4 is 16.9 Å². The van der Waals surface area contributed by atoms with Gasteiger partial charge in [0, 0.05) is 18.2 Å². The molecule has 0 amide bonds. The minimum absolute atomic E-state index is 0.179. The van der Waals surface area contributed by atoms with E-state index in [-0.39, 0.29) is 18.3 Å². The first kappa shape index (κ1) is 20.5. The van der Waals surface area contributed by atoms with Crippen LogP contribution in [0.1, 0.15) is 6.92 Å². The lowest BCUT2D eigenvalue weighted by molar-refractivity contribution is 0.208. The number of anilines is 1. The third-order valence-electron chi connectivity index (χ3n) is 4.42. The van der Waals surface area contributed by atoms with Gasteiger partial charge in [0.2, 0.25) is 0 Å². The van der Waals surface area contributed by atoms with Crippen LogP contribution in [0.25, 0.3) is 22.3 Å². The molecule has 10 heteroatoms. The maximum absolute atomic E-state index is 14.0. The van der Waals surface area contributed by atoms with Crippen LogP contribution < -0.4 is 14.8 Å². The number of ether oxygens (including phenoxy) is 2. The van der Waals surface area contributed by atoms with E-state index < -0.39 is 17.7 Å². The van der Waals surface area contributed by atoms with Crippen molar-refractivity contribution in [3.63, 3.8) is 0 Å².